The average molecular weight is 624 g/mol. The molecular weight excluding hydrogens is 586 g/mol. The van der Waals surface area contributed by atoms with Crippen LogP contribution in [0.3, 0.4) is 0 Å². The SMILES string of the molecule is COC1OC(CO)C(OC2OC(CO)C(O)C(S(=O)(=O)OO)C2O)C(OC2OC(C)C(O)C(O)C2O)C1NC(C)=O. The lowest BCUT2D eigenvalue weighted by atomic mass is 9.94. The van der Waals surface area contributed by atoms with Gasteiger partial charge < -0.3 is 69.5 Å². The highest BCUT2D eigenvalue weighted by atomic mass is 32.2. The first-order valence-electron chi connectivity index (χ1n) is 12.5. The topological polar surface area (TPSA) is 290 Å². The molecule has 3 saturated heterocycles. The Labute approximate surface area is 234 Å². The first kappa shape index (κ1) is 34.3. The fourth-order valence-corrected chi connectivity index (χ4v) is 6.04. The second-order valence-electron chi connectivity index (χ2n) is 9.81. The molecule has 0 spiro atoms. The van der Waals surface area contributed by atoms with Crippen LogP contribution in [-0.2, 0) is 47.7 Å². The molecule has 1 amide bonds. The number of aliphatic hydroxyl groups is 7. The van der Waals surface area contributed by atoms with E-state index in [1.807, 2.05) is 0 Å². The molecule has 9 N–H and O–H groups in total. The number of rotatable bonds is 10. The lowest BCUT2D eigenvalue weighted by Crippen LogP contribution is -2.70. The molecule has 15 atom stereocenters. The minimum Gasteiger partial charge on any atom is -0.394 e. The number of methoxy groups -OCH3 is 1. The number of nitrogens with one attached hydrogen (secondary N) is 1. The fraction of sp³-hybridized carbons (Fsp3) is 0.952. The van der Waals surface area contributed by atoms with Gasteiger partial charge in [0.05, 0.1) is 19.3 Å². The molecule has 3 rings (SSSR count). The van der Waals surface area contributed by atoms with Gasteiger partial charge >= 0.3 is 10.1 Å². The van der Waals surface area contributed by atoms with Crippen LogP contribution >= 0.6 is 0 Å². The van der Waals surface area contributed by atoms with Crippen LogP contribution in [0.1, 0.15) is 13.8 Å². The predicted molar refractivity (Wildman–Crippen MR) is 127 cm³/mol. The van der Waals surface area contributed by atoms with Gasteiger partial charge in [0.25, 0.3) is 0 Å². The molecular formula is C21H37NO18S. The van der Waals surface area contributed by atoms with Gasteiger partial charge in [0.1, 0.15) is 66.2 Å². The Morgan fingerprint density at radius 1 is 0.805 bits per heavy atom. The molecule has 0 aromatic rings. The van der Waals surface area contributed by atoms with Gasteiger partial charge in [-0.2, -0.15) is 8.42 Å². The summed E-state index contributed by atoms with van der Waals surface area (Å²) in [4.78, 5) is 12.1. The van der Waals surface area contributed by atoms with Crippen molar-refractivity contribution in [3.8, 4) is 0 Å². The number of carbonyl (C=O) groups is 1. The molecule has 20 heteroatoms. The molecule has 15 unspecified atom stereocenters. The van der Waals surface area contributed by atoms with Gasteiger partial charge in [-0.25, -0.2) is 5.26 Å². The summed E-state index contributed by atoms with van der Waals surface area (Å²) in [5.41, 5.74) is 0. The highest BCUT2D eigenvalue weighted by Gasteiger charge is 2.56. The van der Waals surface area contributed by atoms with Crippen LogP contribution in [0.5, 0.6) is 0 Å². The van der Waals surface area contributed by atoms with Crippen LogP contribution < -0.4 is 5.32 Å². The molecule has 41 heavy (non-hydrogen) atoms. The van der Waals surface area contributed by atoms with Gasteiger partial charge in [-0.1, -0.05) is 0 Å². The van der Waals surface area contributed by atoms with Crippen LogP contribution in [0.4, 0.5) is 0 Å². The first-order valence-corrected chi connectivity index (χ1v) is 14.0. The van der Waals surface area contributed by atoms with E-state index < -0.39 is 120 Å². The van der Waals surface area contributed by atoms with E-state index >= 15 is 0 Å². The lowest BCUT2D eigenvalue weighted by Gasteiger charge is -2.50. The van der Waals surface area contributed by atoms with Gasteiger partial charge in [-0.15, -0.1) is 4.33 Å². The number of amides is 1. The summed E-state index contributed by atoms with van der Waals surface area (Å²) in [6.07, 6.45) is -21.8. The zero-order chi connectivity index (χ0) is 30.8. The van der Waals surface area contributed by atoms with Gasteiger partial charge in [-0.3, -0.25) is 4.79 Å². The Balaban J connectivity index is 2.02. The van der Waals surface area contributed by atoms with E-state index in [2.05, 4.69) is 9.65 Å². The van der Waals surface area contributed by atoms with Gasteiger partial charge in [0.15, 0.2) is 18.9 Å². The molecule has 240 valence electrons. The Kier molecular flexibility index (Phi) is 11.8. The van der Waals surface area contributed by atoms with Crippen LogP contribution in [-0.4, -0.2) is 167 Å². The van der Waals surface area contributed by atoms with E-state index in [1.54, 1.807) is 0 Å². The number of hydrogen-bond acceptors (Lipinski definition) is 18. The highest BCUT2D eigenvalue weighted by Crippen LogP contribution is 2.34. The Hall–Kier alpha value is -1.18. The largest absolute Gasteiger partial charge is 0.394 e. The number of ether oxygens (including phenoxy) is 6. The first-order chi connectivity index (χ1) is 19.2. The maximum absolute atomic E-state index is 12.3. The molecule has 3 fully saturated rings. The van der Waals surface area contributed by atoms with Crippen LogP contribution in [0.15, 0.2) is 0 Å². The average Bonchev–Trinajstić information content (AvgIpc) is 2.92. The van der Waals surface area contributed by atoms with Crippen molar-refractivity contribution in [2.24, 2.45) is 0 Å². The third-order valence-corrected chi connectivity index (χ3v) is 8.51. The van der Waals surface area contributed by atoms with E-state index in [-0.39, 0.29) is 0 Å². The quantitative estimate of drug-likeness (QED) is 0.0808. The molecule has 0 aromatic heterocycles. The lowest BCUT2D eigenvalue weighted by molar-refractivity contribution is -0.365. The zero-order valence-corrected chi connectivity index (χ0v) is 23.0. The maximum atomic E-state index is 12.3. The summed E-state index contributed by atoms with van der Waals surface area (Å²) in [5.74, 6) is -0.631. The molecule has 3 aliphatic rings. The molecule has 3 heterocycles. The van der Waals surface area contributed by atoms with Crippen molar-refractivity contribution in [2.45, 2.75) is 105 Å². The van der Waals surface area contributed by atoms with Gasteiger partial charge in [0.2, 0.25) is 5.91 Å². The number of hydrogen-bond donors (Lipinski definition) is 9. The minimum absolute atomic E-state index is 0.631. The third kappa shape index (κ3) is 7.15. The van der Waals surface area contributed by atoms with Crippen LogP contribution in [0.2, 0.25) is 0 Å². The minimum atomic E-state index is -5.06. The second-order valence-corrected chi connectivity index (χ2v) is 11.5. The summed E-state index contributed by atoms with van der Waals surface area (Å²) in [6.45, 7) is 0.720. The molecule has 0 saturated carbocycles. The van der Waals surface area contributed by atoms with Crippen molar-refractivity contribution in [1.82, 2.24) is 5.32 Å². The van der Waals surface area contributed by atoms with E-state index in [0.717, 1.165) is 6.92 Å². The molecule has 0 aromatic carbocycles. The summed E-state index contributed by atoms with van der Waals surface area (Å²) in [5, 5.41) is 80.8. The monoisotopic (exact) mass is 623 g/mol. The fourth-order valence-electron chi connectivity index (χ4n) is 4.96. The predicted octanol–water partition coefficient (Wildman–Crippen LogP) is -5.92. The summed E-state index contributed by atoms with van der Waals surface area (Å²) >= 11 is 0. The Morgan fingerprint density at radius 2 is 1.37 bits per heavy atom. The van der Waals surface area contributed by atoms with Crippen molar-refractivity contribution < 1.29 is 87.0 Å². The van der Waals surface area contributed by atoms with Crippen LogP contribution in [0, 0.1) is 0 Å². The van der Waals surface area contributed by atoms with E-state index in [0.29, 0.717) is 0 Å². The Morgan fingerprint density at radius 3 is 1.90 bits per heavy atom. The maximum Gasteiger partial charge on any atom is 0.301 e. The molecule has 0 bridgehead atoms. The molecule has 0 radical (unpaired) electrons. The third-order valence-electron chi connectivity index (χ3n) is 7.08. The summed E-state index contributed by atoms with van der Waals surface area (Å²) < 4.78 is 61.5. The van der Waals surface area contributed by atoms with Crippen molar-refractivity contribution >= 4 is 16.0 Å². The number of carbonyl (C=O) groups excluding carboxylic acids is 1. The van der Waals surface area contributed by atoms with E-state index in [4.69, 9.17) is 33.7 Å². The smallest absolute Gasteiger partial charge is 0.301 e. The van der Waals surface area contributed by atoms with Gasteiger partial charge in [-0.05, 0) is 6.92 Å². The zero-order valence-electron chi connectivity index (χ0n) is 22.1. The normalized spacial score (nSPS) is 45.8. The van der Waals surface area contributed by atoms with Crippen molar-refractivity contribution in [1.29, 1.82) is 0 Å². The van der Waals surface area contributed by atoms with Crippen molar-refractivity contribution in [3.63, 3.8) is 0 Å². The van der Waals surface area contributed by atoms with Gasteiger partial charge in [0, 0.05) is 14.0 Å². The Bertz CT molecular complexity index is 972. The number of aliphatic hydroxyl groups excluding tert-OH is 7. The standard InChI is InChI=1S/C21H37NO18S/c1-6-11(26)13(28)14(29)20(35-6)39-17-10(22-7(2)25)19(34-3)37-9(5-24)16(17)38-21-15(30)18(41(32,33)40-31)12(27)8(4-23)36-21/h6,8-21,23-24,26-31H,4-5H2,1-3H3,(H,22,25). The molecule has 19 nitrogen and oxygen atoms in total. The van der Waals surface area contributed by atoms with Crippen molar-refractivity contribution in [2.75, 3.05) is 20.3 Å². The van der Waals surface area contributed by atoms with Crippen LogP contribution in [0.25, 0.3) is 0 Å². The van der Waals surface area contributed by atoms with E-state index in [9.17, 15) is 49.0 Å². The van der Waals surface area contributed by atoms with E-state index in [1.165, 1.54) is 14.0 Å². The van der Waals surface area contributed by atoms with Crippen molar-refractivity contribution in [3.05, 3.63) is 0 Å². The molecule has 0 aliphatic carbocycles. The highest BCUT2D eigenvalue weighted by molar-refractivity contribution is 7.87. The second kappa shape index (κ2) is 14.1. The molecule has 3 aliphatic heterocycles. The summed E-state index contributed by atoms with van der Waals surface area (Å²) in [6, 6.07) is -1.30. The summed E-state index contributed by atoms with van der Waals surface area (Å²) in [7, 11) is -3.86.